The molecule has 0 saturated heterocycles. The van der Waals surface area contributed by atoms with Crippen LogP contribution in [-0.2, 0) is 12.8 Å². The van der Waals surface area contributed by atoms with Crippen LogP contribution < -0.4 is 5.73 Å². The smallest absolute Gasteiger partial charge is 0.131 e. The zero-order valence-corrected chi connectivity index (χ0v) is 10.4. The van der Waals surface area contributed by atoms with Gasteiger partial charge in [0.1, 0.15) is 11.6 Å². The number of hydrogen-bond acceptors (Lipinski definition) is 3. The van der Waals surface area contributed by atoms with Gasteiger partial charge < -0.3 is 5.73 Å². The summed E-state index contributed by atoms with van der Waals surface area (Å²) in [6, 6.07) is 0. The fourth-order valence-corrected chi connectivity index (χ4v) is 1.53. The minimum Gasteiger partial charge on any atom is -0.383 e. The van der Waals surface area contributed by atoms with Gasteiger partial charge in [-0.1, -0.05) is 27.7 Å². The van der Waals surface area contributed by atoms with Gasteiger partial charge in [0, 0.05) is 17.7 Å². The van der Waals surface area contributed by atoms with Gasteiger partial charge >= 0.3 is 0 Å². The average Bonchev–Trinajstić information content (AvgIpc) is 2.08. The molecule has 0 saturated carbocycles. The molecule has 1 aromatic heterocycles. The normalized spacial score (nSPS) is 11.8. The average molecular weight is 207 g/mol. The molecule has 0 aliphatic carbocycles. The zero-order chi connectivity index (χ0) is 11.6. The number of nitrogens with two attached hydrogens (primary N) is 1. The maximum Gasteiger partial charge on any atom is 0.131 e. The van der Waals surface area contributed by atoms with E-state index in [4.69, 9.17) is 5.73 Å². The number of aromatic nitrogens is 2. The molecule has 0 bridgehead atoms. The Morgan fingerprint density at radius 1 is 1.20 bits per heavy atom. The van der Waals surface area contributed by atoms with Crippen LogP contribution in [0, 0.1) is 12.3 Å². The van der Waals surface area contributed by atoms with Crippen molar-refractivity contribution >= 4 is 5.82 Å². The number of aryl methyl sites for hydroxylation is 1. The molecule has 0 aromatic carbocycles. The monoisotopic (exact) mass is 207 g/mol. The molecule has 1 rings (SSSR count). The first-order valence-corrected chi connectivity index (χ1v) is 5.45. The summed E-state index contributed by atoms with van der Waals surface area (Å²) < 4.78 is 0. The van der Waals surface area contributed by atoms with Gasteiger partial charge in [-0.2, -0.15) is 0 Å². The van der Waals surface area contributed by atoms with Crippen molar-refractivity contribution in [3.8, 4) is 0 Å². The van der Waals surface area contributed by atoms with Gasteiger partial charge in [-0.3, -0.25) is 0 Å². The van der Waals surface area contributed by atoms with E-state index >= 15 is 0 Å². The molecule has 3 nitrogen and oxygen atoms in total. The molecule has 0 radical (unpaired) electrons. The van der Waals surface area contributed by atoms with E-state index in [-0.39, 0.29) is 5.41 Å². The van der Waals surface area contributed by atoms with E-state index < -0.39 is 0 Å². The highest BCUT2D eigenvalue weighted by atomic mass is 15.0. The van der Waals surface area contributed by atoms with Crippen LogP contribution in [0.15, 0.2) is 0 Å². The van der Waals surface area contributed by atoms with Crippen LogP contribution in [0.2, 0.25) is 0 Å². The number of rotatable bonds is 2. The zero-order valence-electron chi connectivity index (χ0n) is 10.4. The number of nitrogens with zero attached hydrogens (tertiary/aromatic N) is 2. The molecule has 0 unspecified atom stereocenters. The molecular weight excluding hydrogens is 186 g/mol. The summed E-state index contributed by atoms with van der Waals surface area (Å²) in [5, 5.41) is 0. The van der Waals surface area contributed by atoms with Crippen molar-refractivity contribution < 1.29 is 0 Å². The van der Waals surface area contributed by atoms with Gasteiger partial charge in [-0.15, -0.1) is 0 Å². The van der Waals surface area contributed by atoms with Crippen molar-refractivity contribution in [2.24, 2.45) is 5.41 Å². The molecule has 1 heterocycles. The topological polar surface area (TPSA) is 51.8 Å². The van der Waals surface area contributed by atoms with Crippen molar-refractivity contribution in [1.82, 2.24) is 9.97 Å². The fraction of sp³-hybridized carbons (Fsp3) is 0.667. The molecule has 15 heavy (non-hydrogen) atoms. The van der Waals surface area contributed by atoms with Crippen molar-refractivity contribution in [1.29, 1.82) is 0 Å². The lowest BCUT2D eigenvalue weighted by atomic mass is 9.92. The summed E-state index contributed by atoms with van der Waals surface area (Å²) in [5.74, 6) is 1.49. The van der Waals surface area contributed by atoms with E-state index in [9.17, 15) is 0 Å². The van der Waals surface area contributed by atoms with Crippen molar-refractivity contribution in [3.05, 3.63) is 17.1 Å². The Bertz CT molecular complexity index is 351. The van der Waals surface area contributed by atoms with Crippen molar-refractivity contribution in [3.63, 3.8) is 0 Å². The Kier molecular flexibility index (Phi) is 3.32. The highest BCUT2D eigenvalue weighted by Crippen LogP contribution is 2.20. The molecule has 1 aromatic rings. The lowest BCUT2D eigenvalue weighted by Gasteiger charge is -2.18. The Morgan fingerprint density at radius 3 is 2.27 bits per heavy atom. The standard InChI is InChI=1S/C12H21N3/c1-6-9-8(2)11(13)15-10(14-9)7-12(3,4)5/h6-7H2,1-5H3,(H2,13,14,15). The highest BCUT2D eigenvalue weighted by molar-refractivity contribution is 5.41. The second-order valence-corrected chi connectivity index (χ2v) is 5.19. The summed E-state index contributed by atoms with van der Waals surface area (Å²) in [7, 11) is 0. The first-order valence-electron chi connectivity index (χ1n) is 5.45. The number of nitrogen functional groups attached to an aromatic ring is 1. The van der Waals surface area contributed by atoms with Crippen LogP contribution in [0.25, 0.3) is 0 Å². The third-order valence-corrected chi connectivity index (χ3v) is 2.35. The second-order valence-electron chi connectivity index (χ2n) is 5.19. The van der Waals surface area contributed by atoms with E-state index in [1.165, 1.54) is 0 Å². The van der Waals surface area contributed by atoms with E-state index in [0.717, 1.165) is 29.9 Å². The van der Waals surface area contributed by atoms with E-state index in [1.54, 1.807) is 0 Å². The molecule has 0 spiro atoms. The molecule has 0 fully saturated rings. The molecule has 0 amide bonds. The first-order chi connectivity index (χ1) is 6.83. The van der Waals surface area contributed by atoms with Crippen LogP contribution in [-0.4, -0.2) is 9.97 Å². The van der Waals surface area contributed by atoms with Crippen LogP contribution in [0.4, 0.5) is 5.82 Å². The summed E-state index contributed by atoms with van der Waals surface area (Å²) in [6.07, 6.45) is 1.78. The summed E-state index contributed by atoms with van der Waals surface area (Å²) in [5.41, 5.74) is 8.16. The second kappa shape index (κ2) is 4.17. The SMILES string of the molecule is CCc1nc(CC(C)(C)C)nc(N)c1C. The van der Waals surface area contributed by atoms with Crippen LogP contribution in [0.5, 0.6) is 0 Å². The molecule has 84 valence electrons. The first kappa shape index (κ1) is 12.0. The summed E-state index contributed by atoms with van der Waals surface area (Å²) in [4.78, 5) is 8.88. The largest absolute Gasteiger partial charge is 0.383 e. The molecule has 0 atom stereocenters. The third-order valence-electron chi connectivity index (χ3n) is 2.35. The maximum atomic E-state index is 5.86. The quantitative estimate of drug-likeness (QED) is 0.810. The fourth-order valence-electron chi connectivity index (χ4n) is 1.53. The molecule has 3 heteroatoms. The number of hydrogen-bond donors (Lipinski definition) is 1. The lowest BCUT2D eigenvalue weighted by Crippen LogP contribution is -2.15. The van der Waals surface area contributed by atoms with Crippen LogP contribution in [0.3, 0.4) is 0 Å². The minimum absolute atomic E-state index is 0.201. The lowest BCUT2D eigenvalue weighted by molar-refractivity contribution is 0.400. The van der Waals surface area contributed by atoms with Gasteiger partial charge in [0.05, 0.1) is 0 Å². The van der Waals surface area contributed by atoms with Gasteiger partial charge in [0.15, 0.2) is 0 Å². The molecule has 0 aliphatic heterocycles. The van der Waals surface area contributed by atoms with Crippen LogP contribution in [0.1, 0.15) is 44.8 Å². The van der Waals surface area contributed by atoms with Crippen LogP contribution >= 0.6 is 0 Å². The van der Waals surface area contributed by atoms with E-state index in [0.29, 0.717) is 5.82 Å². The number of anilines is 1. The highest BCUT2D eigenvalue weighted by Gasteiger charge is 2.15. The third kappa shape index (κ3) is 3.18. The van der Waals surface area contributed by atoms with Gasteiger partial charge in [0.25, 0.3) is 0 Å². The van der Waals surface area contributed by atoms with E-state index in [1.807, 2.05) is 6.92 Å². The van der Waals surface area contributed by atoms with Crippen molar-refractivity contribution in [2.45, 2.75) is 47.5 Å². The van der Waals surface area contributed by atoms with Gasteiger partial charge in [-0.25, -0.2) is 9.97 Å². The van der Waals surface area contributed by atoms with Crippen molar-refractivity contribution in [2.75, 3.05) is 5.73 Å². The Balaban J connectivity index is 3.06. The molecular formula is C12H21N3. The van der Waals surface area contributed by atoms with E-state index in [2.05, 4.69) is 37.7 Å². The summed E-state index contributed by atoms with van der Waals surface area (Å²) >= 11 is 0. The van der Waals surface area contributed by atoms with Gasteiger partial charge in [-0.05, 0) is 18.8 Å². The Labute approximate surface area is 92.1 Å². The molecule has 0 aliphatic rings. The Morgan fingerprint density at radius 2 is 1.80 bits per heavy atom. The maximum absolute atomic E-state index is 5.86. The predicted octanol–water partition coefficient (Wildman–Crippen LogP) is 2.52. The summed E-state index contributed by atoms with van der Waals surface area (Å²) in [6.45, 7) is 10.6. The Hall–Kier alpha value is -1.12. The minimum atomic E-state index is 0.201. The molecule has 2 N–H and O–H groups in total. The van der Waals surface area contributed by atoms with Gasteiger partial charge in [0.2, 0.25) is 0 Å². The predicted molar refractivity (Wildman–Crippen MR) is 63.7 cm³/mol.